The summed E-state index contributed by atoms with van der Waals surface area (Å²) in [6, 6.07) is 10.6. The van der Waals surface area contributed by atoms with Crippen molar-refractivity contribution in [3.8, 4) is 6.07 Å². The Morgan fingerprint density at radius 3 is 2.67 bits per heavy atom. The van der Waals surface area contributed by atoms with Crippen LogP contribution in [0.4, 0.5) is 0 Å². The molecule has 0 radical (unpaired) electrons. The van der Waals surface area contributed by atoms with Crippen molar-refractivity contribution in [3.05, 3.63) is 30.1 Å². The molecule has 0 amide bonds. The minimum Gasteiger partial charge on any atom is -0.313 e. The molecule has 21 heavy (non-hydrogen) atoms. The summed E-state index contributed by atoms with van der Waals surface area (Å²) in [4.78, 5) is 9.58. The number of imidazole rings is 1. The molecule has 1 aliphatic rings. The van der Waals surface area contributed by atoms with E-state index in [-0.39, 0.29) is 6.04 Å². The molecule has 0 bridgehead atoms. The second kappa shape index (κ2) is 5.84. The van der Waals surface area contributed by atoms with Crippen LogP contribution in [0.15, 0.2) is 24.3 Å². The minimum atomic E-state index is 0.236. The highest BCUT2D eigenvalue weighted by molar-refractivity contribution is 5.76. The Kier molecular flexibility index (Phi) is 3.91. The molecular formula is C16H21N5. The number of piperazine rings is 1. The third kappa shape index (κ3) is 2.65. The molecule has 3 rings (SSSR count). The summed E-state index contributed by atoms with van der Waals surface area (Å²) in [6.07, 6.45) is 0. The molecule has 2 aromatic rings. The quantitative estimate of drug-likeness (QED) is 0.863. The van der Waals surface area contributed by atoms with E-state index in [1.165, 1.54) is 0 Å². The van der Waals surface area contributed by atoms with Gasteiger partial charge in [0.15, 0.2) is 0 Å². The van der Waals surface area contributed by atoms with Crippen molar-refractivity contribution < 1.29 is 0 Å². The zero-order valence-electron chi connectivity index (χ0n) is 12.7. The van der Waals surface area contributed by atoms with Crippen LogP contribution in [0.5, 0.6) is 0 Å². The molecule has 1 aromatic heterocycles. The third-order valence-corrected chi connectivity index (χ3v) is 4.37. The summed E-state index contributed by atoms with van der Waals surface area (Å²) in [5.41, 5.74) is 2.03. The third-order valence-electron chi connectivity index (χ3n) is 4.37. The van der Waals surface area contributed by atoms with Crippen LogP contribution in [0.25, 0.3) is 11.0 Å². The zero-order chi connectivity index (χ0) is 14.8. The van der Waals surface area contributed by atoms with Crippen LogP contribution in [0.3, 0.4) is 0 Å². The van der Waals surface area contributed by atoms with Gasteiger partial charge in [0.1, 0.15) is 12.4 Å². The average molecular weight is 283 g/mol. The normalized spacial score (nSPS) is 18.7. The van der Waals surface area contributed by atoms with E-state index in [9.17, 15) is 0 Å². The van der Waals surface area contributed by atoms with Crippen molar-refractivity contribution in [2.24, 2.45) is 0 Å². The monoisotopic (exact) mass is 283 g/mol. The van der Waals surface area contributed by atoms with Gasteiger partial charge < -0.3 is 9.47 Å². The van der Waals surface area contributed by atoms with Crippen LogP contribution in [-0.2, 0) is 6.54 Å². The average Bonchev–Trinajstić information content (AvgIpc) is 2.87. The van der Waals surface area contributed by atoms with E-state index in [0.29, 0.717) is 6.54 Å². The number of hydrogen-bond acceptors (Lipinski definition) is 4. The zero-order valence-corrected chi connectivity index (χ0v) is 12.7. The van der Waals surface area contributed by atoms with Crippen LogP contribution in [0, 0.1) is 11.3 Å². The van der Waals surface area contributed by atoms with Gasteiger partial charge in [0, 0.05) is 26.2 Å². The highest BCUT2D eigenvalue weighted by Crippen LogP contribution is 2.25. The Bertz CT molecular complexity index is 661. The van der Waals surface area contributed by atoms with Gasteiger partial charge in [-0.2, -0.15) is 5.26 Å². The van der Waals surface area contributed by atoms with Crippen molar-refractivity contribution >= 4 is 11.0 Å². The van der Waals surface area contributed by atoms with Crippen molar-refractivity contribution in [2.45, 2.75) is 19.5 Å². The number of fused-ring (bicyclic) bond motifs is 1. The van der Waals surface area contributed by atoms with Gasteiger partial charge in [-0.05, 0) is 26.1 Å². The second-order valence-corrected chi connectivity index (χ2v) is 5.72. The summed E-state index contributed by atoms with van der Waals surface area (Å²) < 4.78 is 2.05. The molecule has 1 fully saturated rings. The first-order chi connectivity index (χ1) is 10.2. The maximum absolute atomic E-state index is 9.13. The topological polar surface area (TPSA) is 48.1 Å². The molecule has 0 saturated carbocycles. The number of likely N-dealkylation sites (N-methyl/N-ethyl adjacent to an activating group) is 1. The molecule has 0 spiro atoms. The lowest BCUT2D eigenvalue weighted by molar-refractivity contribution is 0.114. The fourth-order valence-corrected chi connectivity index (χ4v) is 3.02. The number of benzene rings is 1. The van der Waals surface area contributed by atoms with Crippen LogP contribution in [0.1, 0.15) is 18.8 Å². The lowest BCUT2D eigenvalue weighted by Crippen LogP contribution is -2.45. The fourth-order valence-electron chi connectivity index (χ4n) is 3.02. The molecule has 110 valence electrons. The Hall–Kier alpha value is -1.90. The summed E-state index contributed by atoms with van der Waals surface area (Å²) in [5, 5.41) is 9.13. The molecule has 1 unspecified atom stereocenters. The standard InChI is InChI=1S/C16H21N5/c1-13(20-11-9-19(2)10-12-20)16-18-14-5-3-4-6-15(14)21(16)8-7-17/h3-6,13H,8-12H2,1-2H3. The first-order valence-electron chi connectivity index (χ1n) is 7.45. The number of aromatic nitrogens is 2. The highest BCUT2D eigenvalue weighted by atomic mass is 15.3. The summed E-state index contributed by atoms with van der Waals surface area (Å²) in [5.74, 6) is 1.00. The predicted octanol–water partition coefficient (Wildman–Crippen LogP) is 1.87. The Morgan fingerprint density at radius 2 is 1.95 bits per heavy atom. The molecular weight excluding hydrogens is 262 g/mol. The molecule has 0 aliphatic carbocycles. The van der Waals surface area contributed by atoms with E-state index < -0.39 is 0 Å². The van der Waals surface area contributed by atoms with Crippen molar-refractivity contribution in [1.82, 2.24) is 19.4 Å². The lowest BCUT2D eigenvalue weighted by Gasteiger charge is -2.36. The highest BCUT2D eigenvalue weighted by Gasteiger charge is 2.24. The van der Waals surface area contributed by atoms with Gasteiger partial charge in [0.25, 0.3) is 0 Å². The first kappa shape index (κ1) is 14.1. The lowest BCUT2D eigenvalue weighted by atomic mass is 10.2. The summed E-state index contributed by atoms with van der Waals surface area (Å²) >= 11 is 0. The van der Waals surface area contributed by atoms with Crippen LogP contribution in [-0.4, -0.2) is 52.6 Å². The molecule has 1 saturated heterocycles. The molecule has 1 atom stereocenters. The number of para-hydroxylation sites is 2. The van der Waals surface area contributed by atoms with Gasteiger partial charge in [-0.15, -0.1) is 0 Å². The first-order valence-corrected chi connectivity index (χ1v) is 7.45. The maximum atomic E-state index is 9.13. The van der Waals surface area contributed by atoms with Gasteiger partial charge >= 0.3 is 0 Å². The van der Waals surface area contributed by atoms with E-state index in [2.05, 4.69) is 34.4 Å². The Morgan fingerprint density at radius 1 is 1.24 bits per heavy atom. The van der Waals surface area contributed by atoms with Crippen molar-refractivity contribution in [3.63, 3.8) is 0 Å². The maximum Gasteiger partial charge on any atom is 0.127 e. The molecule has 5 heteroatoms. The number of rotatable bonds is 3. The van der Waals surface area contributed by atoms with Gasteiger partial charge in [-0.25, -0.2) is 4.98 Å². The Balaban J connectivity index is 1.95. The second-order valence-electron chi connectivity index (χ2n) is 5.72. The van der Waals surface area contributed by atoms with Crippen LogP contribution < -0.4 is 0 Å². The van der Waals surface area contributed by atoms with Gasteiger partial charge in [0.2, 0.25) is 0 Å². The number of nitrogens with zero attached hydrogens (tertiary/aromatic N) is 5. The summed E-state index contributed by atoms with van der Waals surface area (Å²) in [6.45, 7) is 6.82. The van der Waals surface area contributed by atoms with Crippen molar-refractivity contribution in [1.29, 1.82) is 5.26 Å². The number of nitriles is 1. The van der Waals surface area contributed by atoms with E-state index >= 15 is 0 Å². The van der Waals surface area contributed by atoms with Crippen LogP contribution >= 0.6 is 0 Å². The largest absolute Gasteiger partial charge is 0.313 e. The molecule has 1 aromatic carbocycles. The predicted molar refractivity (Wildman–Crippen MR) is 82.8 cm³/mol. The van der Waals surface area contributed by atoms with E-state index in [0.717, 1.165) is 43.0 Å². The minimum absolute atomic E-state index is 0.236. The van der Waals surface area contributed by atoms with Gasteiger partial charge in [-0.1, -0.05) is 12.1 Å². The summed E-state index contributed by atoms with van der Waals surface area (Å²) in [7, 11) is 2.16. The van der Waals surface area contributed by atoms with E-state index in [1.54, 1.807) is 0 Å². The molecule has 2 heterocycles. The molecule has 5 nitrogen and oxygen atoms in total. The van der Waals surface area contributed by atoms with Crippen molar-refractivity contribution in [2.75, 3.05) is 33.2 Å². The van der Waals surface area contributed by atoms with Gasteiger partial charge in [0.05, 0.1) is 23.1 Å². The fraction of sp³-hybridized carbons (Fsp3) is 0.500. The number of hydrogen-bond donors (Lipinski definition) is 0. The van der Waals surface area contributed by atoms with Crippen LogP contribution in [0.2, 0.25) is 0 Å². The SMILES string of the molecule is CC(c1nc2ccccc2n1CC#N)N1CCN(C)CC1. The van der Waals surface area contributed by atoms with Gasteiger partial charge in [-0.3, -0.25) is 4.90 Å². The molecule has 0 N–H and O–H groups in total. The van der Waals surface area contributed by atoms with E-state index in [4.69, 9.17) is 10.2 Å². The van der Waals surface area contributed by atoms with E-state index in [1.807, 2.05) is 24.3 Å². The Labute approximate surface area is 125 Å². The molecule has 1 aliphatic heterocycles. The smallest absolute Gasteiger partial charge is 0.127 e.